The van der Waals surface area contributed by atoms with Crippen LogP contribution in [0.1, 0.15) is 27.2 Å². The van der Waals surface area contributed by atoms with Crippen LogP contribution in [0.15, 0.2) is 12.2 Å². The lowest BCUT2D eigenvalue weighted by Crippen LogP contribution is -2.19. The first-order chi connectivity index (χ1) is 5.00. The maximum absolute atomic E-state index is 10.9. The van der Waals surface area contributed by atoms with E-state index >= 15 is 0 Å². The van der Waals surface area contributed by atoms with Crippen LogP contribution in [-0.4, -0.2) is 12.1 Å². The molecule has 2 heteroatoms. The van der Waals surface area contributed by atoms with Crippen LogP contribution in [0, 0.1) is 5.41 Å². The molecule has 62 valence electrons. The summed E-state index contributed by atoms with van der Waals surface area (Å²) < 4.78 is 0. The first kappa shape index (κ1) is 10.1. The van der Waals surface area contributed by atoms with Crippen LogP contribution in [0.2, 0.25) is 0 Å². The predicted octanol–water partition coefficient (Wildman–Crippen LogP) is 1.75. The maximum atomic E-state index is 10.9. The summed E-state index contributed by atoms with van der Waals surface area (Å²) in [5.41, 5.74) is -0.334. The van der Waals surface area contributed by atoms with Gasteiger partial charge in [0.15, 0.2) is 0 Å². The molecule has 0 aromatic heterocycles. The van der Waals surface area contributed by atoms with E-state index < -0.39 is 0 Å². The SMILES string of the molecule is CC(=O)C(C)(C)C/C=C/C=O. The summed E-state index contributed by atoms with van der Waals surface area (Å²) in [7, 11) is 0. The number of hydrogen-bond donors (Lipinski definition) is 0. The molecule has 2 nitrogen and oxygen atoms in total. The number of hydrogen-bond acceptors (Lipinski definition) is 2. The van der Waals surface area contributed by atoms with Gasteiger partial charge in [-0.15, -0.1) is 0 Å². The molecule has 0 heterocycles. The Hall–Kier alpha value is -0.920. The fourth-order valence-electron chi connectivity index (χ4n) is 0.562. The quantitative estimate of drug-likeness (QED) is 0.456. The van der Waals surface area contributed by atoms with Gasteiger partial charge in [-0.2, -0.15) is 0 Å². The van der Waals surface area contributed by atoms with Gasteiger partial charge in [0, 0.05) is 5.41 Å². The zero-order valence-corrected chi connectivity index (χ0v) is 7.26. The minimum absolute atomic E-state index is 0.146. The summed E-state index contributed by atoms with van der Waals surface area (Å²) in [5.74, 6) is 0.146. The Labute approximate surface area is 67.3 Å². The molecule has 0 saturated carbocycles. The van der Waals surface area contributed by atoms with Gasteiger partial charge in [-0.05, 0) is 19.4 Å². The Kier molecular flexibility index (Phi) is 3.72. The molecule has 0 atom stereocenters. The largest absolute Gasteiger partial charge is 0.299 e. The molecule has 0 saturated heterocycles. The summed E-state index contributed by atoms with van der Waals surface area (Å²) >= 11 is 0. The molecule has 0 aliphatic carbocycles. The number of carbonyl (C=O) groups is 2. The molecule has 0 bridgehead atoms. The van der Waals surface area contributed by atoms with Gasteiger partial charge in [-0.25, -0.2) is 0 Å². The molecule has 0 fully saturated rings. The number of aldehydes is 1. The highest BCUT2D eigenvalue weighted by Crippen LogP contribution is 2.21. The first-order valence-electron chi connectivity index (χ1n) is 3.62. The van der Waals surface area contributed by atoms with Crippen molar-refractivity contribution in [3.8, 4) is 0 Å². The third-order valence-corrected chi connectivity index (χ3v) is 1.80. The number of rotatable bonds is 4. The van der Waals surface area contributed by atoms with Crippen LogP contribution < -0.4 is 0 Å². The number of Topliss-reactive ketones (excluding diaryl/α,β-unsaturated/α-hetero) is 1. The molecular weight excluding hydrogens is 140 g/mol. The maximum Gasteiger partial charge on any atom is 0.142 e. The Morgan fingerprint density at radius 3 is 2.36 bits per heavy atom. The molecular formula is C9H14O2. The Morgan fingerprint density at radius 1 is 1.45 bits per heavy atom. The zero-order valence-electron chi connectivity index (χ0n) is 7.26. The van der Waals surface area contributed by atoms with Crippen LogP contribution in [0.25, 0.3) is 0 Å². The highest BCUT2D eigenvalue weighted by molar-refractivity contribution is 5.81. The van der Waals surface area contributed by atoms with Gasteiger partial charge < -0.3 is 0 Å². The number of ketones is 1. The topological polar surface area (TPSA) is 34.1 Å². The van der Waals surface area contributed by atoms with Crippen molar-refractivity contribution in [2.24, 2.45) is 5.41 Å². The van der Waals surface area contributed by atoms with E-state index in [-0.39, 0.29) is 11.2 Å². The van der Waals surface area contributed by atoms with Crippen molar-refractivity contribution in [2.75, 3.05) is 0 Å². The highest BCUT2D eigenvalue weighted by Gasteiger charge is 2.21. The summed E-state index contributed by atoms with van der Waals surface area (Å²) in [6.07, 6.45) is 4.48. The molecule has 0 rings (SSSR count). The smallest absolute Gasteiger partial charge is 0.142 e. The lowest BCUT2D eigenvalue weighted by atomic mass is 9.85. The van der Waals surface area contributed by atoms with Crippen molar-refractivity contribution in [3.63, 3.8) is 0 Å². The molecule has 11 heavy (non-hydrogen) atoms. The molecule has 0 aliphatic heterocycles. The number of carbonyl (C=O) groups excluding carboxylic acids is 2. The van der Waals surface area contributed by atoms with Crippen molar-refractivity contribution < 1.29 is 9.59 Å². The molecule has 0 radical (unpaired) electrons. The van der Waals surface area contributed by atoms with Gasteiger partial charge in [0.25, 0.3) is 0 Å². The average molecular weight is 154 g/mol. The molecule has 0 aromatic carbocycles. The van der Waals surface area contributed by atoms with Gasteiger partial charge in [-0.1, -0.05) is 19.9 Å². The molecule has 0 aliphatic rings. The predicted molar refractivity (Wildman–Crippen MR) is 44.3 cm³/mol. The minimum atomic E-state index is -0.334. The van der Waals surface area contributed by atoms with E-state index in [1.165, 1.54) is 6.08 Å². The summed E-state index contributed by atoms with van der Waals surface area (Å²) in [6.45, 7) is 5.30. The van der Waals surface area contributed by atoms with Crippen LogP contribution in [-0.2, 0) is 9.59 Å². The molecule has 0 unspecified atom stereocenters. The lowest BCUT2D eigenvalue weighted by molar-refractivity contribution is -0.124. The zero-order chi connectivity index (χ0) is 8.91. The Morgan fingerprint density at radius 2 is 2.00 bits per heavy atom. The molecule has 0 aromatic rings. The first-order valence-corrected chi connectivity index (χ1v) is 3.62. The Bertz CT molecular complexity index is 178. The van der Waals surface area contributed by atoms with Gasteiger partial charge in [0.1, 0.15) is 12.1 Å². The van der Waals surface area contributed by atoms with E-state index in [1.54, 1.807) is 13.0 Å². The van der Waals surface area contributed by atoms with E-state index in [0.717, 1.165) is 6.29 Å². The summed E-state index contributed by atoms with van der Waals surface area (Å²) in [5, 5.41) is 0. The minimum Gasteiger partial charge on any atom is -0.299 e. The second-order valence-electron chi connectivity index (χ2n) is 3.21. The van der Waals surface area contributed by atoms with Crippen molar-refractivity contribution in [1.82, 2.24) is 0 Å². The van der Waals surface area contributed by atoms with E-state index in [0.29, 0.717) is 6.42 Å². The fraction of sp³-hybridized carbons (Fsp3) is 0.556. The monoisotopic (exact) mass is 154 g/mol. The average Bonchev–Trinajstić information content (AvgIpc) is 1.88. The standard InChI is InChI=1S/C9H14O2/c1-8(11)9(2,3)6-4-5-7-10/h4-5,7H,6H2,1-3H3/b5-4+. The van der Waals surface area contributed by atoms with Crippen molar-refractivity contribution in [1.29, 1.82) is 0 Å². The van der Waals surface area contributed by atoms with E-state index in [1.807, 2.05) is 13.8 Å². The second kappa shape index (κ2) is 4.06. The molecule has 0 N–H and O–H groups in total. The summed E-state index contributed by atoms with van der Waals surface area (Å²) in [6, 6.07) is 0. The van der Waals surface area contributed by atoms with E-state index in [4.69, 9.17) is 0 Å². The van der Waals surface area contributed by atoms with Gasteiger partial charge in [0.2, 0.25) is 0 Å². The van der Waals surface area contributed by atoms with Gasteiger partial charge >= 0.3 is 0 Å². The van der Waals surface area contributed by atoms with Crippen LogP contribution in [0.3, 0.4) is 0 Å². The second-order valence-corrected chi connectivity index (χ2v) is 3.21. The van der Waals surface area contributed by atoms with Gasteiger partial charge in [0.05, 0.1) is 0 Å². The van der Waals surface area contributed by atoms with Crippen LogP contribution in [0.4, 0.5) is 0 Å². The van der Waals surface area contributed by atoms with E-state index in [9.17, 15) is 9.59 Å². The molecule has 0 spiro atoms. The molecule has 0 amide bonds. The lowest BCUT2D eigenvalue weighted by Gasteiger charge is -2.17. The van der Waals surface area contributed by atoms with Crippen molar-refractivity contribution >= 4 is 12.1 Å². The van der Waals surface area contributed by atoms with Crippen molar-refractivity contribution in [2.45, 2.75) is 27.2 Å². The van der Waals surface area contributed by atoms with Crippen LogP contribution in [0.5, 0.6) is 0 Å². The fourth-order valence-corrected chi connectivity index (χ4v) is 0.562. The van der Waals surface area contributed by atoms with Crippen LogP contribution >= 0.6 is 0 Å². The number of allylic oxidation sites excluding steroid dienone is 2. The third kappa shape index (κ3) is 3.71. The van der Waals surface area contributed by atoms with E-state index in [2.05, 4.69) is 0 Å². The van der Waals surface area contributed by atoms with Crippen molar-refractivity contribution in [3.05, 3.63) is 12.2 Å². The summed E-state index contributed by atoms with van der Waals surface area (Å²) in [4.78, 5) is 20.8. The Balaban J connectivity index is 4.02. The van der Waals surface area contributed by atoms with Gasteiger partial charge in [-0.3, -0.25) is 9.59 Å². The third-order valence-electron chi connectivity index (χ3n) is 1.80. The highest BCUT2D eigenvalue weighted by atomic mass is 16.1. The normalized spacial score (nSPS) is 11.9.